The number of anilines is 3. The molecule has 0 radical (unpaired) electrons. The van der Waals surface area contributed by atoms with Crippen LogP contribution in [-0.2, 0) is 22.2 Å². The van der Waals surface area contributed by atoms with Gasteiger partial charge in [-0.25, -0.2) is 0 Å². The summed E-state index contributed by atoms with van der Waals surface area (Å²) in [6.07, 6.45) is -3.95. The summed E-state index contributed by atoms with van der Waals surface area (Å²) >= 11 is 5.66. The summed E-state index contributed by atoms with van der Waals surface area (Å²) in [5, 5.41) is 5.22. The molecule has 1 heterocycles. The highest BCUT2D eigenvalue weighted by Crippen LogP contribution is 2.36. The number of nitrogens with zero attached hydrogens (tertiary/aromatic N) is 1. The SMILES string of the molecule is CC(=O)N1CCc2cc(N[C@@H](C)C(=O)Nc3ccc(Cl)cc3C(F)(F)F)ccc21. The number of halogens is 4. The van der Waals surface area contributed by atoms with Gasteiger partial charge in [-0.15, -0.1) is 0 Å². The highest BCUT2D eigenvalue weighted by Gasteiger charge is 2.34. The van der Waals surface area contributed by atoms with E-state index in [0.717, 1.165) is 23.4 Å². The third kappa shape index (κ3) is 4.64. The topological polar surface area (TPSA) is 61.4 Å². The Labute approximate surface area is 170 Å². The lowest BCUT2D eigenvalue weighted by Gasteiger charge is -2.19. The van der Waals surface area contributed by atoms with Gasteiger partial charge in [0.1, 0.15) is 6.04 Å². The summed E-state index contributed by atoms with van der Waals surface area (Å²) in [7, 11) is 0. The molecule has 0 aromatic heterocycles. The maximum atomic E-state index is 13.2. The van der Waals surface area contributed by atoms with Crippen LogP contribution in [0.1, 0.15) is 25.0 Å². The Morgan fingerprint density at radius 1 is 1.17 bits per heavy atom. The van der Waals surface area contributed by atoms with Crippen LogP contribution >= 0.6 is 11.6 Å². The number of hydrogen-bond acceptors (Lipinski definition) is 3. The molecule has 0 bridgehead atoms. The van der Waals surface area contributed by atoms with E-state index in [0.29, 0.717) is 18.7 Å². The van der Waals surface area contributed by atoms with E-state index in [4.69, 9.17) is 11.6 Å². The lowest BCUT2D eigenvalue weighted by atomic mass is 10.1. The summed E-state index contributed by atoms with van der Waals surface area (Å²) < 4.78 is 39.6. The minimum absolute atomic E-state index is 0.0411. The van der Waals surface area contributed by atoms with Gasteiger partial charge >= 0.3 is 6.18 Å². The second kappa shape index (κ2) is 7.94. The van der Waals surface area contributed by atoms with Gasteiger partial charge in [0.25, 0.3) is 0 Å². The maximum absolute atomic E-state index is 13.2. The van der Waals surface area contributed by atoms with E-state index in [9.17, 15) is 22.8 Å². The summed E-state index contributed by atoms with van der Waals surface area (Å²) in [5.74, 6) is -0.663. The minimum Gasteiger partial charge on any atom is -0.374 e. The molecule has 9 heteroatoms. The monoisotopic (exact) mass is 425 g/mol. The predicted molar refractivity (Wildman–Crippen MR) is 106 cm³/mol. The lowest BCUT2D eigenvalue weighted by Crippen LogP contribution is -2.32. The van der Waals surface area contributed by atoms with Gasteiger partial charge < -0.3 is 15.5 Å². The number of fused-ring (bicyclic) bond motifs is 1. The lowest BCUT2D eigenvalue weighted by molar-refractivity contribution is -0.137. The van der Waals surface area contributed by atoms with Gasteiger partial charge in [0.2, 0.25) is 11.8 Å². The van der Waals surface area contributed by atoms with Crippen LogP contribution in [0.3, 0.4) is 0 Å². The third-order valence-electron chi connectivity index (χ3n) is 4.68. The molecule has 3 rings (SSSR count). The van der Waals surface area contributed by atoms with E-state index in [-0.39, 0.29) is 16.6 Å². The number of hydrogen-bond donors (Lipinski definition) is 2. The van der Waals surface area contributed by atoms with Crippen LogP contribution in [0.4, 0.5) is 30.2 Å². The molecule has 2 amide bonds. The quantitative estimate of drug-likeness (QED) is 0.746. The van der Waals surface area contributed by atoms with E-state index < -0.39 is 23.7 Å². The molecule has 2 aromatic carbocycles. The van der Waals surface area contributed by atoms with Crippen molar-refractivity contribution < 1.29 is 22.8 Å². The fourth-order valence-corrected chi connectivity index (χ4v) is 3.41. The smallest absolute Gasteiger partial charge is 0.374 e. The average Bonchev–Trinajstić information content (AvgIpc) is 3.05. The average molecular weight is 426 g/mol. The minimum atomic E-state index is -4.65. The molecule has 1 atom stereocenters. The van der Waals surface area contributed by atoms with Crippen molar-refractivity contribution in [1.29, 1.82) is 0 Å². The standard InChI is InChI=1S/C20H19ClF3N3O2/c1-11(19(29)26-17-5-3-14(21)10-16(17)20(22,23)24)25-15-4-6-18-13(9-15)7-8-27(18)12(2)28/h3-6,9-11,25H,7-8H2,1-2H3,(H,26,29)/t11-/m0/s1. The molecule has 1 aliphatic rings. The van der Waals surface area contributed by atoms with Crippen LogP contribution in [0, 0.1) is 0 Å². The Kier molecular flexibility index (Phi) is 5.75. The number of benzene rings is 2. The molecule has 0 fully saturated rings. The first-order chi connectivity index (χ1) is 13.6. The van der Waals surface area contributed by atoms with E-state index in [2.05, 4.69) is 10.6 Å². The molecule has 0 aliphatic carbocycles. The van der Waals surface area contributed by atoms with Crippen LogP contribution in [0.25, 0.3) is 0 Å². The Balaban J connectivity index is 1.72. The molecular weight excluding hydrogens is 407 g/mol. The van der Waals surface area contributed by atoms with Gasteiger partial charge in [0.15, 0.2) is 0 Å². The first-order valence-electron chi connectivity index (χ1n) is 8.91. The molecular formula is C20H19ClF3N3O2. The van der Waals surface area contributed by atoms with Crippen molar-refractivity contribution in [1.82, 2.24) is 0 Å². The largest absolute Gasteiger partial charge is 0.418 e. The van der Waals surface area contributed by atoms with Crippen molar-refractivity contribution in [2.75, 3.05) is 22.1 Å². The Morgan fingerprint density at radius 3 is 2.55 bits per heavy atom. The maximum Gasteiger partial charge on any atom is 0.418 e. The van der Waals surface area contributed by atoms with Crippen LogP contribution in [0.2, 0.25) is 5.02 Å². The molecule has 0 saturated heterocycles. The number of nitrogens with one attached hydrogen (secondary N) is 2. The van der Waals surface area contributed by atoms with Crippen molar-refractivity contribution in [2.24, 2.45) is 0 Å². The second-order valence-corrected chi connectivity index (χ2v) is 7.24. The number of amides is 2. The second-order valence-electron chi connectivity index (χ2n) is 6.81. The van der Waals surface area contributed by atoms with Crippen molar-refractivity contribution in [3.05, 3.63) is 52.5 Å². The van der Waals surface area contributed by atoms with Gasteiger partial charge in [-0.2, -0.15) is 13.2 Å². The van der Waals surface area contributed by atoms with Crippen molar-refractivity contribution >= 4 is 40.5 Å². The Morgan fingerprint density at radius 2 is 1.90 bits per heavy atom. The zero-order valence-corrected chi connectivity index (χ0v) is 16.5. The van der Waals surface area contributed by atoms with Gasteiger partial charge in [-0.1, -0.05) is 11.6 Å². The summed E-state index contributed by atoms with van der Waals surface area (Å²) in [5.41, 5.74) is 1.08. The summed E-state index contributed by atoms with van der Waals surface area (Å²) in [4.78, 5) is 25.7. The van der Waals surface area contributed by atoms with Crippen LogP contribution in [0.5, 0.6) is 0 Å². The number of alkyl halides is 3. The van der Waals surface area contributed by atoms with Gasteiger partial charge in [-0.05, 0) is 55.3 Å². The van der Waals surface area contributed by atoms with Gasteiger partial charge in [-0.3, -0.25) is 9.59 Å². The van der Waals surface area contributed by atoms with Crippen molar-refractivity contribution in [3.8, 4) is 0 Å². The zero-order chi connectivity index (χ0) is 21.3. The first kappa shape index (κ1) is 21.0. The van der Waals surface area contributed by atoms with Crippen LogP contribution in [-0.4, -0.2) is 24.4 Å². The Hall–Kier alpha value is -2.74. The molecule has 2 N–H and O–H groups in total. The highest BCUT2D eigenvalue weighted by atomic mass is 35.5. The normalized spacial score (nSPS) is 14.3. The molecule has 1 aliphatic heterocycles. The van der Waals surface area contributed by atoms with E-state index in [1.807, 2.05) is 6.07 Å². The molecule has 29 heavy (non-hydrogen) atoms. The molecule has 0 spiro atoms. The summed E-state index contributed by atoms with van der Waals surface area (Å²) in [6, 6.07) is 7.75. The summed E-state index contributed by atoms with van der Waals surface area (Å²) in [6.45, 7) is 3.65. The predicted octanol–water partition coefficient (Wildman–Crippen LogP) is 4.71. The Bertz CT molecular complexity index is 962. The van der Waals surface area contributed by atoms with E-state index in [1.54, 1.807) is 24.0 Å². The molecule has 0 saturated carbocycles. The van der Waals surface area contributed by atoms with E-state index in [1.165, 1.54) is 13.0 Å². The van der Waals surface area contributed by atoms with Gasteiger partial charge in [0, 0.05) is 29.9 Å². The highest BCUT2D eigenvalue weighted by molar-refractivity contribution is 6.30. The fraction of sp³-hybridized carbons (Fsp3) is 0.300. The number of carbonyl (C=O) groups excluding carboxylic acids is 2. The molecule has 0 unspecified atom stereocenters. The first-order valence-corrected chi connectivity index (χ1v) is 9.29. The van der Waals surface area contributed by atoms with Crippen molar-refractivity contribution in [2.45, 2.75) is 32.5 Å². The number of rotatable bonds is 4. The third-order valence-corrected chi connectivity index (χ3v) is 4.91. The molecule has 5 nitrogen and oxygen atoms in total. The molecule has 2 aromatic rings. The van der Waals surface area contributed by atoms with Gasteiger partial charge in [0.05, 0.1) is 11.3 Å². The molecule has 154 valence electrons. The zero-order valence-electron chi connectivity index (χ0n) is 15.7. The van der Waals surface area contributed by atoms with E-state index >= 15 is 0 Å². The van der Waals surface area contributed by atoms with Crippen LogP contribution < -0.4 is 15.5 Å². The fourth-order valence-electron chi connectivity index (χ4n) is 3.24. The van der Waals surface area contributed by atoms with Crippen LogP contribution in [0.15, 0.2) is 36.4 Å². The number of carbonyl (C=O) groups is 2. The van der Waals surface area contributed by atoms with Crippen molar-refractivity contribution in [3.63, 3.8) is 0 Å².